The molecule has 0 aromatic rings. The van der Waals surface area contributed by atoms with Crippen molar-refractivity contribution in [2.45, 2.75) is 219 Å². The molecule has 2 atom stereocenters. The van der Waals surface area contributed by atoms with E-state index < -0.39 is 24.3 Å². The average Bonchev–Trinajstić information content (AvgIpc) is 3.34. The summed E-state index contributed by atoms with van der Waals surface area (Å²) < 4.78 is 22.6. The van der Waals surface area contributed by atoms with Gasteiger partial charge < -0.3 is 33.3 Å². The molecule has 0 radical (unpaired) electrons. The molecule has 0 heterocycles. The van der Waals surface area contributed by atoms with Crippen LogP contribution in [0.25, 0.3) is 0 Å². The van der Waals surface area contributed by atoms with Gasteiger partial charge in [0.2, 0.25) is 0 Å². The number of ether oxygens (including phenoxy) is 4. The molecule has 0 aromatic heterocycles. The number of unbranched alkanes of at least 4 members (excludes halogenated alkanes) is 17. The first-order valence-corrected chi connectivity index (χ1v) is 28.0. The minimum Gasteiger partial charge on any atom is -0.545 e. The van der Waals surface area contributed by atoms with Gasteiger partial charge in [0.15, 0.2) is 12.4 Å². The summed E-state index contributed by atoms with van der Waals surface area (Å²) in [6, 6.07) is 0. The van der Waals surface area contributed by atoms with Gasteiger partial charge in [-0.1, -0.05) is 200 Å². The van der Waals surface area contributed by atoms with Gasteiger partial charge in [0, 0.05) is 12.8 Å². The maximum Gasteiger partial charge on any atom is 0.306 e. The van der Waals surface area contributed by atoms with Crippen LogP contribution in [0.3, 0.4) is 0 Å². The lowest BCUT2D eigenvalue weighted by Gasteiger charge is -2.26. The number of hydrogen-bond donors (Lipinski definition) is 0. The van der Waals surface area contributed by atoms with Gasteiger partial charge in [-0.2, -0.15) is 0 Å². The Morgan fingerprint density at radius 2 is 0.803 bits per heavy atom. The summed E-state index contributed by atoms with van der Waals surface area (Å²) in [5, 5.41) is 11.8. The molecule has 0 aromatic carbocycles. The van der Waals surface area contributed by atoms with E-state index in [0.29, 0.717) is 17.4 Å². The van der Waals surface area contributed by atoms with E-state index in [1.165, 1.54) is 64.2 Å². The van der Waals surface area contributed by atoms with Gasteiger partial charge in [0.25, 0.3) is 0 Å². The largest absolute Gasteiger partial charge is 0.545 e. The Balaban J connectivity index is 4.33. The van der Waals surface area contributed by atoms with Gasteiger partial charge in [-0.3, -0.25) is 9.59 Å². The predicted molar refractivity (Wildman–Crippen MR) is 297 cm³/mol. The number of rotatable bonds is 50. The van der Waals surface area contributed by atoms with Crippen molar-refractivity contribution in [3.63, 3.8) is 0 Å². The Labute approximate surface area is 434 Å². The minimum atomic E-state index is -1.63. The number of carbonyl (C=O) groups is 3. The van der Waals surface area contributed by atoms with Crippen LogP contribution in [0.4, 0.5) is 0 Å². The quantitative estimate of drug-likeness (QED) is 0.0195. The number of carboxylic acids is 1. The normalized spacial score (nSPS) is 13.6. The first-order valence-electron chi connectivity index (χ1n) is 28.0. The van der Waals surface area contributed by atoms with Gasteiger partial charge >= 0.3 is 11.9 Å². The van der Waals surface area contributed by atoms with E-state index in [1.807, 2.05) is 21.1 Å². The molecule has 0 bridgehead atoms. The van der Waals surface area contributed by atoms with Crippen molar-refractivity contribution in [2.24, 2.45) is 0 Å². The third kappa shape index (κ3) is 53.6. The van der Waals surface area contributed by atoms with Crippen LogP contribution in [-0.2, 0) is 33.3 Å². The summed E-state index contributed by atoms with van der Waals surface area (Å²) in [7, 11) is 5.90. The number of allylic oxidation sites excluding steroid dienone is 18. The summed E-state index contributed by atoms with van der Waals surface area (Å²) in [6.07, 6.45) is 68.4. The molecule has 0 aliphatic rings. The Bertz CT molecular complexity index is 1530. The molecule has 0 fully saturated rings. The maximum absolute atomic E-state index is 12.9. The van der Waals surface area contributed by atoms with E-state index in [1.54, 1.807) is 0 Å². The van der Waals surface area contributed by atoms with Gasteiger partial charge in [-0.05, 0) is 103 Å². The fourth-order valence-corrected chi connectivity index (χ4v) is 7.19. The molecule has 9 nitrogen and oxygen atoms in total. The SMILES string of the molecule is CC/C=C\C/C=C\C/C=C\C/C=C\C/C=C\C/C=C\C/C=C\CCCCCCCCCC(=O)OC(COC(=O)CCCCCCCCC/C=C\C/C=C\CCCCC)COC(OCC[N+](C)(C)C)C(=O)[O-]. The Kier molecular flexibility index (Phi) is 49.3. The highest BCUT2D eigenvalue weighted by Gasteiger charge is 2.22. The second-order valence-corrected chi connectivity index (χ2v) is 19.5. The fraction of sp³-hybridized carbons (Fsp3) is 0.661. The third-order valence-electron chi connectivity index (χ3n) is 11.5. The van der Waals surface area contributed by atoms with Crippen LogP contribution in [0.1, 0.15) is 206 Å². The fourth-order valence-electron chi connectivity index (χ4n) is 7.19. The van der Waals surface area contributed by atoms with Crippen LogP contribution in [0.5, 0.6) is 0 Å². The summed E-state index contributed by atoms with van der Waals surface area (Å²) in [6.45, 7) is 4.57. The second-order valence-electron chi connectivity index (χ2n) is 19.5. The lowest BCUT2D eigenvalue weighted by Crippen LogP contribution is -2.44. The van der Waals surface area contributed by atoms with E-state index in [4.69, 9.17) is 18.9 Å². The summed E-state index contributed by atoms with van der Waals surface area (Å²) in [5.41, 5.74) is 0. The number of likely N-dealkylation sites (N-methyl/N-ethyl adjacent to an activating group) is 1. The van der Waals surface area contributed by atoms with Crippen molar-refractivity contribution in [2.75, 3.05) is 47.5 Å². The standard InChI is InChI=1S/C62H103NO8/c1-6-8-10-12-14-16-18-20-22-24-25-26-27-28-29-30-31-32-33-34-35-37-39-41-43-45-47-49-51-53-60(65)71-58(57-70-62(61(66)67)68-55-54-63(3,4)5)56-69-59(64)52-50-48-46-44-42-40-38-36-23-21-19-17-15-13-11-9-7-2/h8,10,14-17,20-23,25-26,28-29,31-32,34-35,58,62H,6-7,9,11-13,18-19,24,27,30,33,36-57H2,1-5H3/b10-8-,16-14-,17-15-,22-20-,23-21-,26-25-,29-28-,32-31-,35-34-. The summed E-state index contributed by atoms with van der Waals surface area (Å²) in [5.74, 6) is -2.32. The van der Waals surface area contributed by atoms with E-state index in [0.717, 1.165) is 109 Å². The zero-order valence-corrected chi connectivity index (χ0v) is 45.8. The van der Waals surface area contributed by atoms with Crippen LogP contribution >= 0.6 is 0 Å². The molecule has 0 saturated heterocycles. The minimum absolute atomic E-state index is 0.138. The van der Waals surface area contributed by atoms with E-state index in [9.17, 15) is 19.5 Å². The van der Waals surface area contributed by atoms with Crippen LogP contribution in [0.15, 0.2) is 109 Å². The average molecular weight is 991 g/mol. The van der Waals surface area contributed by atoms with Crippen LogP contribution in [0.2, 0.25) is 0 Å². The van der Waals surface area contributed by atoms with Gasteiger partial charge in [-0.25, -0.2) is 0 Å². The van der Waals surface area contributed by atoms with Crippen LogP contribution in [-0.4, -0.2) is 82.3 Å². The van der Waals surface area contributed by atoms with Crippen molar-refractivity contribution >= 4 is 17.9 Å². The molecule has 0 spiro atoms. The lowest BCUT2D eigenvalue weighted by atomic mass is 10.1. The van der Waals surface area contributed by atoms with Crippen molar-refractivity contribution in [3.8, 4) is 0 Å². The number of nitrogens with zero attached hydrogens (tertiary/aromatic N) is 1. The first-order chi connectivity index (χ1) is 34.6. The smallest absolute Gasteiger partial charge is 0.306 e. The molecule has 0 N–H and O–H groups in total. The Morgan fingerprint density at radius 1 is 0.437 bits per heavy atom. The second kappa shape index (κ2) is 52.3. The molecule has 9 heteroatoms. The van der Waals surface area contributed by atoms with Crippen molar-refractivity contribution in [1.29, 1.82) is 0 Å². The molecule has 71 heavy (non-hydrogen) atoms. The third-order valence-corrected chi connectivity index (χ3v) is 11.5. The highest BCUT2D eigenvalue weighted by atomic mass is 16.7. The number of aliphatic carboxylic acids is 1. The number of carboxylic acid groups (broad SMARTS) is 1. The Hall–Kier alpha value is -4.05. The number of carbonyl (C=O) groups excluding carboxylic acids is 3. The predicted octanol–water partition coefficient (Wildman–Crippen LogP) is 15.0. The number of quaternary nitrogens is 1. The van der Waals surface area contributed by atoms with E-state index in [-0.39, 0.29) is 38.6 Å². The highest BCUT2D eigenvalue weighted by molar-refractivity contribution is 5.70. The molecule has 0 amide bonds. The monoisotopic (exact) mass is 990 g/mol. The molecule has 0 aliphatic heterocycles. The topological polar surface area (TPSA) is 111 Å². The Morgan fingerprint density at radius 3 is 1.20 bits per heavy atom. The number of hydrogen-bond acceptors (Lipinski definition) is 8. The molecule has 0 rings (SSSR count). The van der Waals surface area contributed by atoms with E-state index in [2.05, 4.69) is 123 Å². The van der Waals surface area contributed by atoms with E-state index >= 15 is 0 Å². The van der Waals surface area contributed by atoms with Crippen molar-refractivity contribution < 1.29 is 42.9 Å². The van der Waals surface area contributed by atoms with Crippen LogP contribution in [0, 0.1) is 0 Å². The molecule has 2 unspecified atom stereocenters. The van der Waals surface area contributed by atoms with Gasteiger partial charge in [-0.15, -0.1) is 0 Å². The highest BCUT2D eigenvalue weighted by Crippen LogP contribution is 2.14. The molecular weight excluding hydrogens is 887 g/mol. The molecule has 404 valence electrons. The summed E-state index contributed by atoms with van der Waals surface area (Å²) in [4.78, 5) is 37.2. The van der Waals surface area contributed by atoms with Crippen molar-refractivity contribution in [1.82, 2.24) is 0 Å². The lowest BCUT2D eigenvalue weighted by molar-refractivity contribution is -0.870. The maximum atomic E-state index is 12.9. The van der Waals surface area contributed by atoms with Crippen LogP contribution < -0.4 is 5.11 Å². The zero-order valence-electron chi connectivity index (χ0n) is 45.8. The molecule has 0 saturated carbocycles. The molecule has 0 aliphatic carbocycles. The van der Waals surface area contributed by atoms with Crippen molar-refractivity contribution in [3.05, 3.63) is 109 Å². The first kappa shape index (κ1) is 67.0. The molecular formula is C62H103NO8. The van der Waals surface area contributed by atoms with Gasteiger partial charge in [0.05, 0.1) is 40.3 Å². The van der Waals surface area contributed by atoms with Gasteiger partial charge in [0.1, 0.15) is 13.2 Å². The zero-order chi connectivity index (χ0) is 52.0. The summed E-state index contributed by atoms with van der Waals surface area (Å²) >= 11 is 0. The number of esters is 2.